The Bertz CT molecular complexity index is 3320. The van der Waals surface area contributed by atoms with Crippen LogP contribution in [0.15, 0.2) is 47.5 Å². The highest BCUT2D eigenvalue weighted by atomic mass is 32.2. The van der Waals surface area contributed by atoms with Crippen molar-refractivity contribution in [1.29, 1.82) is 0 Å². The van der Waals surface area contributed by atoms with E-state index in [1.807, 2.05) is 0 Å². The predicted octanol–water partition coefficient (Wildman–Crippen LogP) is -2.67. The fourth-order valence-electron chi connectivity index (χ4n) is 10.5. The van der Waals surface area contributed by atoms with Gasteiger partial charge in [0.05, 0.1) is 48.9 Å². The second-order valence-electron chi connectivity index (χ2n) is 23.8. The molecule has 5 unspecified atom stereocenters. The molecule has 0 radical (unpaired) electrons. The number of benzene rings is 2. The van der Waals surface area contributed by atoms with Crippen molar-refractivity contribution in [1.82, 2.24) is 63.1 Å². The van der Waals surface area contributed by atoms with E-state index >= 15 is 0 Å². The molecule has 31 nitrogen and oxygen atoms in total. The van der Waals surface area contributed by atoms with Crippen molar-refractivity contribution in [2.45, 2.75) is 166 Å². The van der Waals surface area contributed by atoms with Crippen molar-refractivity contribution in [3.05, 3.63) is 53.6 Å². The molecule has 2 bridgehead atoms. The number of rotatable bonds is 21. The molecule has 32 heteroatoms. The van der Waals surface area contributed by atoms with Gasteiger partial charge in [0.1, 0.15) is 65.7 Å². The monoisotopic (exact) mass is 1320 g/mol. The van der Waals surface area contributed by atoms with E-state index in [1.165, 1.54) is 63.2 Å². The molecule has 4 heterocycles. The fraction of sp³-hybridized carbons (Fsp3) is 0.541. The minimum atomic E-state index is -1.87. The van der Waals surface area contributed by atoms with Gasteiger partial charge in [0.15, 0.2) is 0 Å². The van der Waals surface area contributed by atoms with E-state index in [2.05, 4.69) is 63.5 Å². The average molecular weight is 1320 g/mol. The second-order valence-corrected chi connectivity index (χ2v) is 24.8. The van der Waals surface area contributed by atoms with Gasteiger partial charge in [0, 0.05) is 79.6 Å². The van der Waals surface area contributed by atoms with Crippen molar-refractivity contribution in [2.24, 2.45) is 17.8 Å². The fourth-order valence-corrected chi connectivity index (χ4v) is 11.6. The Labute approximate surface area is 539 Å². The zero-order valence-corrected chi connectivity index (χ0v) is 53.4. The SMILES string of the molecule is CC[C@H](C)C1NC(=O)CNC(=O)C2NC(=O)[C@H]([C@@H](C)[C@@H](O)CO)NC(=O)[C@@H]3C[C@@H](O)CN3C(=O)C(CC(=O)NCc3ccc(NC(=O)[C@H](C)NC(=O)C(NC(=O)CCC(=O)CCC(C)=O)C(C)C)cc3)NC(=O)C(CSc3[nH]c4cc(O)ccc4c32)NC(=O)CNC1=O. The van der Waals surface area contributed by atoms with Crippen LogP contribution in [0.5, 0.6) is 5.75 Å². The zero-order chi connectivity index (χ0) is 68.5. The number of nitrogens with zero attached hydrogens (tertiary/aromatic N) is 1. The van der Waals surface area contributed by atoms with E-state index in [9.17, 15) is 87.5 Å². The molecule has 0 saturated carbocycles. The minimum absolute atomic E-state index is 0.00394. The number of aromatic hydroxyl groups is 1. The molecule has 12 amide bonds. The summed E-state index contributed by atoms with van der Waals surface area (Å²) >= 11 is 0.803. The van der Waals surface area contributed by atoms with E-state index in [0.717, 1.165) is 16.7 Å². The molecule has 3 aromatic rings. The summed E-state index contributed by atoms with van der Waals surface area (Å²) in [7, 11) is 0. The minimum Gasteiger partial charge on any atom is -0.508 e. The van der Waals surface area contributed by atoms with Gasteiger partial charge in [-0.3, -0.25) is 62.3 Å². The molecule has 2 aromatic carbocycles. The molecule has 6 rings (SSSR count). The van der Waals surface area contributed by atoms with Crippen LogP contribution in [0.3, 0.4) is 0 Å². The lowest BCUT2D eigenvalue weighted by Gasteiger charge is -2.32. The Hall–Kier alpha value is -9.01. The standard InChI is InChI=1S/C61H83N13O18S/c1-8-29(4)50-56(88)63-23-46(83)67-41-27-93-60-48(38-17-15-36(78)19-39(38)69-60)52(57(89)64-24-47(84)71-50)73-59(91)51(31(6)43(80)26-75)72-55(87)42-20-37(79)25-74(42)61(92)40(68-54(41)86)21-45(82)62-22-33-10-12-34(13-11-33)66-53(85)32(7)65-58(90)49(28(2)3)70-44(81)18-16-35(77)14-9-30(5)76/h10-13,15,17,19,28-29,31-32,37,40-43,49-52,69,75,78-80H,8-9,14,16,18,20-27H2,1-7H3,(H,62,82)(H,63,88)(H,64,89)(H,65,90)(H,66,85)(H,67,83)(H,68,86)(H,70,81)(H,71,84)(H,72,87)(H,73,91)/t29-,31-,32-,37+,40?,41?,42-,43-,49?,50?,51-,52?/m0/s1. The van der Waals surface area contributed by atoms with Gasteiger partial charge in [0.2, 0.25) is 70.9 Å². The number of hydrogen-bond acceptors (Lipinski definition) is 19. The number of anilines is 1. The smallest absolute Gasteiger partial charge is 0.247 e. The van der Waals surface area contributed by atoms with Crippen LogP contribution in [0, 0.1) is 17.8 Å². The van der Waals surface area contributed by atoms with E-state index < -0.39 is 194 Å². The highest BCUT2D eigenvalue weighted by Crippen LogP contribution is 2.37. The van der Waals surface area contributed by atoms with Gasteiger partial charge in [-0.25, -0.2) is 0 Å². The topological polar surface area (TPSA) is 471 Å². The van der Waals surface area contributed by atoms with Crippen LogP contribution >= 0.6 is 11.8 Å². The maximum Gasteiger partial charge on any atom is 0.247 e. The van der Waals surface area contributed by atoms with E-state index in [4.69, 9.17) is 0 Å². The summed E-state index contributed by atoms with van der Waals surface area (Å²) < 4.78 is 0. The van der Waals surface area contributed by atoms with E-state index in [-0.39, 0.29) is 76.7 Å². The molecule has 0 spiro atoms. The number of hydrogen-bond donors (Lipinski definition) is 16. The van der Waals surface area contributed by atoms with E-state index in [1.54, 1.807) is 27.7 Å². The quantitative estimate of drug-likeness (QED) is 0.0517. The largest absolute Gasteiger partial charge is 0.508 e. The van der Waals surface area contributed by atoms with E-state index in [0.29, 0.717) is 12.0 Å². The zero-order valence-electron chi connectivity index (χ0n) is 52.6. The maximum atomic E-state index is 15.0. The number of thioether (sulfide) groups is 1. The molecule has 12 atom stereocenters. The van der Waals surface area contributed by atoms with Gasteiger partial charge in [-0.2, -0.15) is 0 Å². The number of amides is 12. The third-order valence-corrected chi connectivity index (χ3v) is 17.3. The summed E-state index contributed by atoms with van der Waals surface area (Å²) in [6, 6.07) is -2.25. The molecule has 1 saturated heterocycles. The second kappa shape index (κ2) is 33.5. The molecular weight excluding hydrogens is 1230 g/mol. The summed E-state index contributed by atoms with van der Waals surface area (Å²) in [5.74, 6) is -14.2. The van der Waals surface area contributed by atoms with Crippen molar-refractivity contribution in [3.63, 3.8) is 0 Å². The summed E-state index contributed by atoms with van der Waals surface area (Å²) in [5.41, 5.74) is 0.890. The molecule has 1 aromatic heterocycles. The Morgan fingerprint density at radius 1 is 0.731 bits per heavy atom. The molecule has 16 N–H and O–H groups in total. The number of aromatic amines is 1. The number of aliphatic hydroxyl groups excluding tert-OH is 3. The van der Waals surface area contributed by atoms with Gasteiger partial charge in [0.25, 0.3) is 0 Å². The first-order valence-electron chi connectivity index (χ1n) is 30.6. The van der Waals surface area contributed by atoms with Crippen molar-refractivity contribution < 1.29 is 87.5 Å². The van der Waals surface area contributed by atoms with Crippen LogP contribution < -0.4 is 58.5 Å². The third-order valence-electron chi connectivity index (χ3n) is 16.2. The number of H-pyrrole nitrogens is 1. The summed E-state index contributed by atoms with van der Waals surface area (Å²) in [5, 5.41) is 71.3. The Morgan fingerprint density at radius 3 is 2.05 bits per heavy atom. The Kier molecular flexibility index (Phi) is 26.3. The summed E-state index contributed by atoms with van der Waals surface area (Å²) in [4.78, 5) is 196. The maximum absolute atomic E-state index is 15.0. The lowest BCUT2D eigenvalue weighted by Crippen LogP contribution is -2.61. The number of ketones is 2. The highest BCUT2D eigenvalue weighted by molar-refractivity contribution is 7.99. The molecule has 0 aliphatic carbocycles. The highest BCUT2D eigenvalue weighted by Gasteiger charge is 2.45. The molecule has 1 fully saturated rings. The number of Topliss-reactive ketones (excluding diaryl/α,β-unsaturated/α-hetero) is 2. The van der Waals surface area contributed by atoms with Crippen molar-refractivity contribution >= 4 is 111 Å². The number of phenols is 1. The summed E-state index contributed by atoms with van der Waals surface area (Å²) in [6.45, 7) is 7.65. The van der Waals surface area contributed by atoms with Gasteiger partial charge in [-0.1, -0.05) is 53.2 Å². The molecule has 3 aliphatic heterocycles. The number of aliphatic hydroxyl groups is 3. The van der Waals surface area contributed by atoms with Gasteiger partial charge >= 0.3 is 0 Å². The van der Waals surface area contributed by atoms with Crippen LogP contribution in [0.2, 0.25) is 0 Å². The number of nitrogens with one attached hydrogen (secondary N) is 12. The molecular formula is C61H83N13O18S. The molecule has 3 aliphatic rings. The Morgan fingerprint density at radius 2 is 1.40 bits per heavy atom. The predicted molar refractivity (Wildman–Crippen MR) is 333 cm³/mol. The van der Waals surface area contributed by atoms with Crippen LogP contribution in [0.25, 0.3) is 10.9 Å². The van der Waals surface area contributed by atoms with Crippen LogP contribution in [0.1, 0.15) is 111 Å². The van der Waals surface area contributed by atoms with Crippen LogP contribution in [-0.2, 0) is 73.7 Å². The first kappa shape index (κ1) is 73.0. The van der Waals surface area contributed by atoms with Crippen LogP contribution in [0.4, 0.5) is 5.69 Å². The number of carbonyl (C=O) groups is 14. The third kappa shape index (κ3) is 20.2. The molecule has 93 heavy (non-hydrogen) atoms. The average Bonchev–Trinajstić information content (AvgIpc) is 1.65. The Balaban J connectivity index is 1.29. The normalized spacial score (nSPS) is 22.8. The lowest BCUT2D eigenvalue weighted by atomic mass is 9.93. The number of phenolic OH excluding ortho intramolecular Hbond substituents is 1. The summed E-state index contributed by atoms with van der Waals surface area (Å²) in [6.07, 6.45) is -4.28. The lowest BCUT2D eigenvalue weighted by molar-refractivity contribution is -0.144. The van der Waals surface area contributed by atoms with Gasteiger partial charge in [-0.05, 0) is 55.5 Å². The van der Waals surface area contributed by atoms with Crippen molar-refractivity contribution in [3.8, 4) is 5.75 Å². The van der Waals surface area contributed by atoms with Gasteiger partial charge < -0.3 is 93.6 Å². The first-order chi connectivity index (χ1) is 44.0. The van der Waals surface area contributed by atoms with Gasteiger partial charge in [-0.15, -0.1) is 11.8 Å². The van der Waals surface area contributed by atoms with Crippen LogP contribution in [-0.4, -0.2) is 199 Å². The number of aromatic nitrogens is 1. The van der Waals surface area contributed by atoms with Crippen molar-refractivity contribution in [2.75, 3.05) is 37.3 Å². The number of carbonyl (C=O) groups excluding carboxylic acids is 14. The first-order valence-corrected chi connectivity index (χ1v) is 31.5. The number of fused-ring (bicyclic) bond motifs is 4. The molecule has 506 valence electrons.